The van der Waals surface area contributed by atoms with Crippen molar-refractivity contribution >= 4 is 17.4 Å². The maximum Gasteiger partial charge on any atom is 0.281 e. The largest absolute Gasteiger partial charge is 0.491 e. The number of nitrogens with one attached hydrogen (secondary N) is 1. The molecule has 1 N–H and O–H groups in total. The number of nitrogens with zero attached hydrogens (tertiary/aromatic N) is 3. The van der Waals surface area contributed by atoms with Crippen molar-refractivity contribution in [1.82, 2.24) is 14.7 Å². The van der Waals surface area contributed by atoms with Crippen LogP contribution in [0.5, 0.6) is 5.75 Å². The van der Waals surface area contributed by atoms with Crippen molar-refractivity contribution in [3.05, 3.63) is 59.9 Å². The van der Waals surface area contributed by atoms with Gasteiger partial charge in [0.15, 0.2) is 0 Å². The maximum absolute atomic E-state index is 13.1. The Hall–Kier alpha value is -3.23. The van der Waals surface area contributed by atoms with Gasteiger partial charge in [-0.25, -0.2) is 18.2 Å². The summed E-state index contributed by atoms with van der Waals surface area (Å²) >= 11 is 0. The lowest BCUT2D eigenvalue weighted by Gasteiger charge is -2.36. The molecule has 1 aromatic carbocycles. The van der Waals surface area contributed by atoms with Crippen molar-refractivity contribution in [2.24, 2.45) is 0 Å². The van der Waals surface area contributed by atoms with Crippen molar-refractivity contribution in [2.45, 2.75) is 44.2 Å². The Bertz CT molecular complexity index is 1080. The Morgan fingerprint density at radius 2 is 1.91 bits per heavy atom. The Kier molecular flexibility index (Phi) is 7.05. The number of hydrogen-bond acceptors (Lipinski definition) is 4. The number of fused-ring (bicyclic) bond motifs is 1. The second-order valence-corrected chi connectivity index (χ2v) is 8.23. The number of carbonyl (C=O) groups is 1. The topological polar surface area (TPSA) is 58.9 Å². The molecule has 9 heteroatoms. The van der Waals surface area contributed by atoms with E-state index in [2.05, 4.69) is 15.2 Å². The van der Waals surface area contributed by atoms with Gasteiger partial charge in [-0.3, -0.25) is 9.20 Å². The van der Waals surface area contributed by atoms with Gasteiger partial charge >= 0.3 is 0 Å². The van der Waals surface area contributed by atoms with Gasteiger partial charge in [-0.15, -0.1) is 0 Å². The zero-order valence-electron chi connectivity index (χ0n) is 18.4. The lowest BCUT2D eigenvalue weighted by molar-refractivity contribution is 0.0925. The number of ether oxygens (including phenoxy) is 1. The number of amides is 1. The minimum atomic E-state index is -2.61. The van der Waals surface area contributed by atoms with E-state index in [1.165, 1.54) is 6.20 Å². The molecule has 0 radical (unpaired) electrons. The number of halogens is 3. The first-order valence-electron chi connectivity index (χ1n) is 11.0. The first kappa shape index (κ1) is 22.9. The molecule has 0 unspecified atom stereocenters. The van der Waals surface area contributed by atoms with Gasteiger partial charge in [0.1, 0.15) is 36.2 Å². The summed E-state index contributed by atoms with van der Waals surface area (Å²) in [4.78, 5) is 18.7. The van der Waals surface area contributed by atoms with Gasteiger partial charge in [0, 0.05) is 30.9 Å². The quantitative estimate of drug-likeness (QED) is 0.525. The molecule has 1 aliphatic rings. The molecule has 0 bridgehead atoms. The average molecular weight is 461 g/mol. The minimum Gasteiger partial charge on any atom is -0.491 e. The highest BCUT2D eigenvalue weighted by Gasteiger charge is 2.27. The summed E-state index contributed by atoms with van der Waals surface area (Å²) in [6, 6.07) is 12.4. The molecule has 6 nitrogen and oxygen atoms in total. The van der Waals surface area contributed by atoms with Crippen LogP contribution in [0.1, 0.15) is 48.2 Å². The van der Waals surface area contributed by atoms with Crippen molar-refractivity contribution in [3.8, 4) is 5.75 Å². The highest BCUT2D eigenvalue weighted by atomic mass is 19.3. The molecule has 0 aliphatic heterocycles. The van der Waals surface area contributed by atoms with Gasteiger partial charge in [0.25, 0.3) is 12.3 Å². The lowest BCUT2D eigenvalue weighted by atomic mass is 9.90. The molecule has 0 spiro atoms. The van der Waals surface area contributed by atoms with Crippen LogP contribution in [-0.4, -0.2) is 47.7 Å². The number of imidazole rings is 1. The van der Waals surface area contributed by atoms with Crippen LogP contribution in [0.4, 0.5) is 19.0 Å². The summed E-state index contributed by atoms with van der Waals surface area (Å²) in [5.41, 5.74) is 0.796. The first-order valence-corrected chi connectivity index (χ1v) is 11.0. The van der Waals surface area contributed by atoms with Crippen LogP contribution in [0.25, 0.3) is 5.65 Å². The van der Waals surface area contributed by atoms with Crippen LogP contribution < -0.4 is 15.0 Å². The fourth-order valence-corrected chi connectivity index (χ4v) is 4.33. The number of rotatable bonds is 8. The van der Waals surface area contributed by atoms with Gasteiger partial charge in [0.2, 0.25) is 0 Å². The highest BCUT2D eigenvalue weighted by molar-refractivity contribution is 5.94. The van der Waals surface area contributed by atoms with Crippen LogP contribution in [-0.2, 0) is 0 Å². The smallest absolute Gasteiger partial charge is 0.281 e. The summed E-state index contributed by atoms with van der Waals surface area (Å²) in [6.07, 6.45) is 2.16. The average Bonchev–Trinajstić information content (AvgIpc) is 3.28. The second-order valence-electron chi connectivity index (χ2n) is 8.23. The molecule has 1 fully saturated rings. The van der Waals surface area contributed by atoms with Crippen molar-refractivity contribution in [3.63, 3.8) is 0 Å². The number of pyridine rings is 1. The third-order valence-corrected chi connectivity index (χ3v) is 6.12. The van der Waals surface area contributed by atoms with Crippen molar-refractivity contribution in [1.29, 1.82) is 0 Å². The monoisotopic (exact) mass is 460 g/mol. The van der Waals surface area contributed by atoms with Crippen LogP contribution in [0.3, 0.4) is 0 Å². The van der Waals surface area contributed by atoms with Gasteiger partial charge in [-0.05, 0) is 62.1 Å². The zero-order valence-corrected chi connectivity index (χ0v) is 18.4. The van der Waals surface area contributed by atoms with Crippen LogP contribution in [0.15, 0.2) is 48.7 Å². The summed E-state index contributed by atoms with van der Waals surface area (Å²) < 4.78 is 45.3. The Balaban J connectivity index is 1.34. The van der Waals surface area contributed by atoms with Crippen LogP contribution in [0, 0.1) is 0 Å². The van der Waals surface area contributed by atoms with E-state index in [4.69, 9.17) is 4.74 Å². The molecule has 3 aromatic rings. The normalized spacial score (nSPS) is 18.5. The van der Waals surface area contributed by atoms with E-state index in [1.54, 1.807) is 34.7 Å². The zero-order chi connectivity index (χ0) is 23.4. The van der Waals surface area contributed by atoms with Gasteiger partial charge < -0.3 is 15.0 Å². The number of hydrogen-bond donors (Lipinski definition) is 1. The summed E-state index contributed by atoms with van der Waals surface area (Å²) in [6.45, 7) is -0.569. The molecule has 2 aromatic heterocycles. The third-order valence-electron chi connectivity index (χ3n) is 6.12. The summed E-state index contributed by atoms with van der Waals surface area (Å²) in [5.74, 6) is 1.20. The van der Waals surface area contributed by atoms with Crippen molar-refractivity contribution < 1.29 is 22.7 Å². The Labute approximate surface area is 190 Å². The minimum absolute atomic E-state index is 0.00797. The van der Waals surface area contributed by atoms with Crippen LogP contribution >= 0.6 is 0 Å². The molecular formula is C24H27F3N4O2. The number of benzene rings is 1. The molecule has 2 heterocycles. The molecule has 1 amide bonds. The SMILES string of the molecule is CN(c1cccc2nc(C(F)F)cn12)[C@H]1CC[C@@H](NC(=O)c2ccc(OCCF)cc2)CC1. The van der Waals surface area contributed by atoms with E-state index >= 15 is 0 Å². The second kappa shape index (κ2) is 10.1. The Morgan fingerprint density at radius 3 is 2.58 bits per heavy atom. The van der Waals surface area contributed by atoms with Gasteiger partial charge in [0.05, 0.1) is 0 Å². The van der Waals surface area contributed by atoms with E-state index in [0.717, 1.165) is 31.5 Å². The predicted octanol–water partition coefficient (Wildman–Crippen LogP) is 4.80. The maximum atomic E-state index is 13.1. The third kappa shape index (κ3) is 5.23. The van der Waals surface area contributed by atoms with E-state index in [1.807, 2.05) is 19.2 Å². The van der Waals surface area contributed by atoms with E-state index < -0.39 is 13.1 Å². The first-order chi connectivity index (χ1) is 16.0. The van der Waals surface area contributed by atoms with E-state index in [0.29, 0.717) is 17.0 Å². The Morgan fingerprint density at radius 1 is 1.18 bits per heavy atom. The molecule has 176 valence electrons. The van der Waals surface area contributed by atoms with Gasteiger partial charge in [-0.2, -0.15) is 0 Å². The number of alkyl halides is 3. The van der Waals surface area contributed by atoms with E-state index in [-0.39, 0.29) is 30.3 Å². The number of anilines is 1. The van der Waals surface area contributed by atoms with Gasteiger partial charge in [-0.1, -0.05) is 6.07 Å². The molecule has 0 atom stereocenters. The highest BCUT2D eigenvalue weighted by Crippen LogP contribution is 2.28. The summed E-state index contributed by atoms with van der Waals surface area (Å²) in [5, 5.41) is 3.09. The fourth-order valence-electron chi connectivity index (χ4n) is 4.33. The number of carbonyl (C=O) groups excluding carboxylic acids is 1. The van der Waals surface area contributed by atoms with Crippen molar-refractivity contribution in [2.75, 3.05) is 25.2 Å². The summed E-state index contributed by atoms with van der Waals surface area (Å²) in [7, 11) is 1.97. The molecule has 33 heavy (non-hydrogen) atoms. The molecule has 4 rings (SSSR count). The molecule has 1 saturated carbocycles. The predicted molar refractivity (Wildman–Crippen MR) is 120 cm³/mol. The number of aromatic nitrogens is 2. The molecular weight excluding hydrogens is 433 g/mol. The fraction of sp³-hybridized carbons (Fsp3) is 0.417. The molecule has 1 aliphatic carbocycles. The standard InChI is InChI=1S/C24H27F3N4O2/c1-30(22-4-2-3-21-29-20(23(26)27)15-31(21)22)18-9-7-17(8-10-18)28-24(32)16-5-11-19(12-6-16)33-14-13-25/h2-6,11-12,15,17-18,23H,7-10,13-14H2,1H3,(H,28,32)/t17-,18+. The van der Waals surface area contributed by atoms with Crippen LogP contribution in [0.2, 0.25) is 0 Å². The van der Waals surface area contributed by atoms with E-state index in [9.17, 15) is 18.0 Å². The lowest BCUT2D eigenvalue weighted by Crippen LogP contribution is -2.43. The molecule has 0 saturated heterocycles.